The second-order valence-electron chi connectivity index (χ2n) is 4.38. The van der Waals surface area contributed by atoms with Crippen molar-refractivity contribution in [3.8, 4) is 5.69 Å². The molecule has 0 bridgehead atoms. The Morgan fingerprint density at radius 2 is 2.05 bits per heavy atom. The third-order valence-electron chi connectivity index (χ3n) is 3.01. The van der Waals surface area contributed by atoms with E-state index < -0.39 is 5.82 Å². The fourth-order valence-corrected chi connectivity index (χ4v) is 2.46. The van der Waals surface area contributed by atoms with Gasteiger partial charge >= 0.3 is 0 Å². The summed E-state index contributed by atoms with van der Waals surface area (Å²) < 4.78 is 15.2. The van der Waals surface area contributed by atoms with Gasteiger partial charge in [-0.3, -0.25) is 4.57 Å². The molecule has 2 aromatic carbocycles. The number of nitrogens with two attached hydrogens (primary N) is 1. The highest BCUT2D eigenvalue weighted by atomic mass is 35.5. The number of rotatable bonds is 1. The molecule has 1 aromatic heterocycles. The van der Waals surface area contributed by atoms with Crippen LogP contribution in [0.1, 0.15) is 5.56 Å². The summed E-state index contributed by atoms with van der Waals surface area (Å²) in [4.78, 5) is 4.28. The van der Waals surface area contributed by atoms with E-state index >= 15 is 0 Å². The van der Waals surface area contributed by atoms with Crippen LogP contribution in [0.5, 0.6) is 0 Å². The molecule has 0 aliphatic heterocycles. The number of aromatic nitrogens is 2. The van der Waals surface area contributed by atoms with Gasteiger partial charge in [-0.25, -0.2) is 9.37 Å². The lowest BCUT2D eigenvalue weighted by Gasteiger charge is -2.08. The molecule has 2 N–H and O–H groups in total. The van der Waals surface area contributed by atoms with Crippen LogP contribution >= 0.6 is 11.6 Å². The molecular formula is C14H11ClFN3. The number of anilines is 1. The molecule has 0 unspecified atom stereocenters. The predicted octanol–water partition coefficient (Wildman–Crippen LogP) is 3.71. The topological polar surface area (TPSA) is 43.8 Å². The molecule has 0 saturated heterocycles. The van der Waals surface area contributed by atoms with Crippen molar-refractivity contribution < 1.29 is 4.39 Å². The zero-order valence-corrected chi connectivity index (χ0v) is 10.9. The van der Waals surface area contributed by atoms with Crippen LogP contribution in [0.4, 0.5) is 10.3 Å². The highest BCUT2D eigenvalue weighted by molar-refractivity contribution is 6.30. The van der Waals surface area contributed by atoms with E-state index in [-0.39, 0.29) is 0 Å². The van der Waals surface area contributed by atoms with Gasteiger partial charge in [0.05, 0.1) is 16.7 Å². The van der Waals surface area contributed by atoms with Gasteiger partial charge in [-0.1, -0.05) is 23.7 Å². The number of nitrogen functional groups attached to an aromatic ring is 1. The number of hydrogen-bond acceptors (Lipinski definition) is 2. The van der Waals surface area contributed by atoms with Crippen molar-refractivity contribution in [3.05, 3.63) is 52.8 Å². The zero-order valence-electron chi connectivity index (χ0n) is 10.2. The Morgan fingerprint density at radius 1 is 1.26 bits per heavy atom. The molecule has 96 valence electrons. The van der Waals surface area contributed by atoms with Gasteiger partial charge in [-0.15, -0.1) is 0 Å². The van der Waals surface area contributed by atoms with Gasteiger partial charge in [-0.2, -0.15) is 0 Å². The van der Waals surface area contributed by atoms with Crippen LogP contribution in [0, 0.1) is 12.7 Å². The average molecular weight is 276 g/mol. The normalized spacial score (nSPS) is 11.1. The first-order valence-electron chi connectivity index (χ1n) is 5.76. The molecular weight excluding hydrogens is 265 g/mol. The van der Waals surface area contributed by atoms with Crippen molar-refractivity contribution in [2.24, 2.45) is 0 Å². The summed E-state index contributed by atoms with van der Waals surface area (Å²) in [6.45, 7) is 1.96. The SMILES string of the molecule is Cc1cccc2nc(N)n(-c3cc(F)cc(Cl)c3)c12. The Morgan fingerprint density at radius 3 is 2.79 bits per heavy atom. The summed E-state index contributed by atoms with van der Waals surface area (Å²) in [5.41, 5.74) is 9.16. The van der Waals surface area contributed by atoms with Crippen molar-refractivity contribution in [1.82, 2.24) is 9.55 Å². The Bertz CT molecular complexity index is 759. The molecule has 3 nitrogen and oxygen atoms in total. The number of imidazole rings is 1. The van der Waals surface area contributed by atoms with Gasteiger partial charge in [0, 0.05) is 5.02 Å². The smallest absolute Gasteiger partial charge is 0.205 e. The summed E-state index contributed by atoms with van der Waals surface area (Å²) >= 11 is 5.90. The molecule has 0 spiro atoms. The predicted molar refractivity (Wildman–Crippen MR) is 75.2 cm³/mol. The zero-order chi connectivity index (χ0) is 13.6. The lowest BCUT2D eigenvalue weighted by Crippen LogP contribution is -2.01. The highest BCUT2D eigenvalue weighted by Gasteiger charge is 2.13. The Labute approximate surface area is 114 Å². The van der Waals surface area contributed by atoms with Crippen LogP contribution < -0.4 is 5.73 Å². The standard InChI is InChI=1S/C14H11ClFN3/c1-8-3-2-4-12-13(8)19(14(17)18-12)11-6-9(15)5-10(16)7-11/h2-7H,1H3,(H2,17,18). The molecule has 0 aliphatic rings. The van der Waals surface area contributed by atoms with Gasteiger partial charge in [-0.05, 0) is 36.8 Å². The van der Waals surface area contributed by atoms with Crippen LogP contribution in [0.2, 0.25) is 5.02 Å². The molecule has 5 heteroatoms. The van der Waals surface area contributed by atoms with Crippen molar-refractivity contribution in [2.45, 2.75) is 6.92 Å². The number of aryl methyl sites for hydroxylation is 1. The first kappa shape index (κ1) is 12.0. The van der Waals surface area contributed by atoms with Gasteiger partial charge in [0.2, 0.25) is 5.95 Å². The molecule has 0 amide bonds. The molecule has 1 heterocycles. The fourth-order valence-electron chi connectivity index (χ4n) is 2.24. The van der Waals surface area contributed by atoms with E-state index in [0.717, 1.165) is 16.6 Å². The van der Waals surface area contributed by atoms with E-state index in [4.69, 9.17) is 17.3 Å². The molecule has 0 fully saturated rings. The number of halogens is 2. The maximum Gasteiger partial charge on any atom is 0.205 e. The van der Waals surface area contributed by atoms with Crippen LogP contribution in [0.15, 0.2) is 36.4 Å². The van der Waals surface area contributed by atoms with E-state index in [1.54, 1.807) is 10.6 Å². The van der Waals surface area contributed by atoms with Gasteiger partial charge in [0.15, 0.2) is 0 Å². The van der Waals surface area contributed by atoms with E-state index in [1.807, 2.05) is 25.1 Å². The largest absolute Gasteiger partial charge is 0.369 e. The lowest BCUT2D eigenvalue weighted by molar-refractivity contribution is 0.627. The Hall–Kier alpha value is -2.07. The summed E-state index contributed by atoms with van der Waals surface area (Å²) in [6, 6.07) is 10.0. The van der Waals surface area contributed by atoms with Crippen LogP contribution in [0.25, 0.3) is 16.7 Å². The van der Waals surface area contributed by atoms with E-state index in [0.29, 0.717) is 16.7 Å². The maximum absolute atomic E-state index is 13.5. The third-order valence-corrected chi connectivity index (χ3v) is 3.23. The first-order valence-corrected chi connectivity index (χ1v) is 6.14. The van der Waals surface area contributed by atoms with Crippen molar-refractivity contribution in [2.75, 3.05) is 5.73 Å². The molecule has 0 radical (unpaired) electrons. The molecule has 0 atom stereocenters. The van der Waals surface area contributed by atoms with E-state index in [9.17, 15) is 4.39 Å². The summed E-state index contributed by atoms with van der Waals surface area (Å²) in [5, 5.41) is 0.324. The number of hydrogen-bond donors (Lipinski definition) is 1. The minimum atomic E-state index is -0.405. The Balaban J connectivity index is 2.38. The van der Waals surface area contributed by atoms with Crippen molar-refractivity contribution in [1.29, 1.82) is 0 Å². The lowest BCUT2D eigenvalue weighted by atomic mass is 10.2. The Kier molecular flexibility index (Phi) is 2.68. The van der Waals surface area contributed by atoms with Crippen LogP contribution in [-0.2, 0) is 0 Å². The third kappa shape index (κ3) is 1.94. The fraction of sp³-hybridized carbons (Fsp3) is 0.0714. The molecule has 0 saturated carbocycles. The highest BCUT2D eigenvalue weighted by Crippen LogP contribution is 2.27. The van der Waals surface area contributed by atoms with Gasteiger partial charge < -0.3 is 5.73 Å². The molecule has 3 rings (SSSR count). The van der Waals surface area contributed by atoms with Crippen LogP contribution in [0.3, 0.4) is 0 Å². The maximum atomic E-state index is 13.5. The second-order valence-corrected chi connectivity index (χ2v) is 4.81. The first-order chi connectivity index (χ1) is 9.06. The summed E-state index contributed by atoms with van der Waals surface area (Å²) in [6.07, 6.45) is 0. The quantitative estimate of drug-likeness (QED) is 0.736. The minimum absolute atomic E-state index is 0.311. The molecule has 0 aliphatic carbocycles. The van der Waals surface area contributed by atoms with E-state index in [1.165, 1.54) is 12.1 Å². The van der Waals surface area contributed by atoms with Gasteiger partial charge in [0.1, 0.15) is 5.82 Å². The molecule has 3 aromatic rings. The van der Waals surface area contributed by atoms with E-state index in [2.05, 4.69) is 4.98 Å². The number of benzene rings is 2. The number of nitrogens with zero attached hydrogens (tertiary/aromatic N) is 2. The summed E-state index contributed by atoms with van der Waals surface area (Å²) in [5.74, 6) is -0.0942. The minimum Gasteiger partial charge on any atom is -0.369 e. The molecule has 19 heavy (non-hydrogen) atoms. The second kappa shape index (κ2) is 4.24. The average Bonchev–Trinajstić information content (AvgIpc) is 2.65. The van der Waals surface area contributed by atoms with Crippen molar-refractivity contribution >= 4 is 28.6 Å². The number of para-hydroxylation sites is 1. The van der Waals surface area contributed by atoms with Crippen LogP contribution in [-0.4, -0.2) is 9.55 Å². The number of fused-ring (bicyclic) bond motifs is 1. The monoisotopic (exact) mass is 275 g/mol. The summed E-state index contributed by atoms with van der Waals surface area (Å²) in [7, 11) is 0. The van der Waals surface area contributed by atoms with Gasteiger partial charge in [0.25, 0.3) is 0 Å². The van der Waals surface area contributed by atoms with Crippen molar-refractivity contribution in [3.63, 3.8) is 0 Å².